The fourth-order valence-electron chi connectivity index (χ4n) is 1.20. The second kappa shape index (κ2) is 6.05. The van der Waals surface area contributed by atoms with Gasteiger partial charge in [-0.2, -0.15) is 0 Å². The van der Waals surface area contributed by atoms with Gasteiger partial charge in [0.15, 0.2) is 0 Å². The first kappa shape index (κ1) is 11.5. The van der Waals surface area contributed by atoms with Crippen LogP contribution in [0.5, 0.6) is 0 Å². The van der Waals surface area contributed by atoms with Crippen molar-refractivity contribution in [3.05, 3.63) is 23.3 Å². The van der Waals surface area contributed by atoms with Crippen LogP contribution in [0.3, 0.4) is 0 Å². The van der Waals surface area contributed by atoms with E-state index >= 15 is 0 Å². The van der Waals surface area contributed by atoms with Gasteiger partial charge in [0.2, 0.25) is 0 Å². The van der Waals surface area contributed by atoms with Gasteiger partial charge in [0.05, 0.1) is 0 Å². The zero-order valence-electron chi connectivity index (χ0n) is 9.15. The molecule has 0 saturated heterocycles. The first-order chi connectivity index (χ1) is 5.60. The van der Waals surface area contributed by atoms with Crippen LogP contribution in [-0.4, -0.2) is 0 Å². The molecule has 1 unspecified atom stereocenters. The molecular weight excluding hydrogens is 144 g/mol. The van der Waals surface area contributed by atoms with Crippen molar-refractivity contribution in [1.29, 1.82) is 0 Å². The molecule has 70 valence electrons. The fourth-order valence-corrected chi connectivity index (χ4v) is 1.20. The predicted molar refractivity (Wildman–Crippen MR) is 57.3 cm³/mol. The van der Waals surface area contributed by atoms with Crippen molar-refractivity contribution in [2.45, 2.75) is 47.5 Å². The lowest BCUT2D eigenvalue weighted by Gasteiger charge is -2.05. The Balaban J connectivity index is 4.02. The molecule has 0 heterocycles. The molecule has 0 aliphatic rings. The van der Waals surface area contributed by atoms with Crippen LogP contribution in [-0.2, 0) is 0 Å². The lowest BCUT2D eigenvalue weighted by Crippen LogP contribution is -1.88. The van der Waals surface area contributed by atoms with Gasteiger partial charge in [-0.15, -0.1) is 0 Å². The summed E-state index contributed by atoms with van der Waals surface area (Å²) in [4.78, 5) is 0. The maximum absolute atomic E-state index is 2.38. The summed E-state index contributed by atoms with van der Waals surface area (Å²) in [5.74, 6) is 0.731. The minimum absolute atomic E-state index is 0.731. The van der Waals surface area contributed by atoms with E-state index in [0.29, 0.717) is 0 Å². The molecule has 0 spiro atoms. The van der Waals surface area contributed by atoms with Crippen LogP contribution in [0.1, 0.15) is 47.5 Å². The van der Waals surface area contributed by atoms with Gasteiger partial charge in [-0.25, -0.2) is 0 Å². The van der Waals surface area contributed by atoms with Gasteiger partial charge < -0.3 is 0 Å². The molecule has 0 aliphatic carbocycles. The van der Waals surface area contributed by atoms with Gasteiger partial charge >= 0.3 is 0 Å². The van der Waals surface area contributed by atoms with Crippen molar-refractivity contribution in [2.75, 3.05) is 0 Å². The van der Waals surface area contributed by atoms with Crippen LogP contribution in [0.15, 0.2) is 23.3 Å². The molecule has 0 aromatic rings. The summed E-state index contributed by atoms with van der Waals surface area (Å²) < 4.78 is 0. The van der Waals surface area contributed by atoms with Crippen molar-refractivity contribution in [2.24, 2.45) is 5.92 Å². The van der Waals surface area contributed by atoms with Gasteiger partial charge in [-0.05, 0) is 33.1 Å². The maximum Gasteiger partial charge on any atom is -0.0114 e. The highest BCUT2D eigenvalue weighted by molar-refractivity contribution is 5.11. The normalized spacial score (nSPS) is 16.4. The van der Waals surface area contributed by atoms with E-state index in [0.717, 1.165) is 12.3 Å². The van der Waals surface area contributed by atoms with Crippen LogP contribution >= 0.6 is 0 Å². The Kier molecular flexibility index (Phi) is 5.79. The average Bonchev–Trinajstić information content (AvgIpc) is 2.03. The molecule has 1 atom stereocenters. The third-order valence-corrected chi connectivity index (χ3v) is 2.26. The van der Waals surface area contributed by atoms with Crippen LogP contribution in [0.4, 0.5) is 0 Å². The van der Waals surface area contributed by atoms with Crippen molar-refractivity contribution in [1.82, 2.24) is 0 Å². The summed E-state index contributed by atoms with van der Waals surface area (Å²) in [6, 6.07) is 0. The van der Waals surface area contributed by atoms with E-state index in [1.807, 2.05) is 0 Å². The molecule has 12 heavy (non-hydrogen) atoms. The molecule has 0 heteroatoms. The Morgan fingerprint density at radius 2 is 1.83 bits per heavy atom. The maximum atomic E-state index is 2.38. The van der Waals surface area contributed by atoms with Gasteiger partial charge in [0, 0.05) is 0 Å². The molecule has 0 radical (unpaired) electrons. The monoisotopic (exact) mass is 166 g/mol. The molecule has 0 aromatic carbocycles. The highest BCUT2D eigenvalue weighted by Gasteiger charge is 1.96. The molecule has 0 N–H and O–H groups in total. The van der Waals surface area contributed by atoms with Crippen molar-refractivity contribution < 1.29 is 0 Å². The second-order valence-electron chi connectivity index (χ2n) is 3.71. The second-order valence-corrected chi connectivity index (χ2v) is 3.71. The topological polar surface area (TPSA) is 0 Å². The molecule has 0 bridgehead atoms. The van der Waals surface area contributed by atoms with E-state index in [-0.39, 0.29) is 0 Å². The van der Waals surface area contributed by atoms with Gasteiger partial charge in [0.25, 0.3) is 0 Å². The third-order valence-electron chi connectivity index (χ3n) is 2.26. The summed E-state index contributed by atoms with van der Waals surface area (Å²) in [6.45, 7) is 11.0. The summed E-state index contributed by atoms with van der Waals surface area (Å²) in [7, 11) is 0. The van der Waals surface area contributed by atoms with Gasteiger partial charge in [0.1, 0.15) is 0 Å². The molecule has 0 saturated carbocycles. The molecule has 0 amide bonds. The highest BCUT2D eigenvalue weighted by atomic mass is 14.0. The minimum atomic E-state index is 0.731. The van der Waals surface area contributed by atoms with Gasteiger partial charge in [-0.3, -0.25) is 0 Å². The number of rotatable bonds is 4. The standard InChI is InChI=1S/C12H22/c1-6-10(3)8-12(5)9-11(4)7-2/h6,9,11H,7-8H2,1-5H3. The summed E-state index contributed by atoms with van der Waals surface area (Å²) in [5, 5.41) is 0. The third kappa shape index (κ3) is 5.17. The Morgan fingerprint density at radius 1 is 1.25 bits per heavy atom. The first-order valence-corrected chi connectivity index (χ1v) is 4.89. The summed E-state index contributed by atoms with van der Waals surface area (Å²) in [6.07, 6.45) is 6.95. The minimum Gasteiger partial charge on any atom is -0.0884 e. The van der Waals surface area contributed by atoms with Crippen LogP contribution in [0.2, 0.25) is 0 Å². The number of allylic oxidation sites excluding steroid dienone is 4. The van der Waals surface area contributed by atoms with E-state index in [1.165, 1.54) is 17.6 Å². The van der Waals surface area contributed by atoms with E-state index in [1.54, 1.807) is 0 Å². The summed E-state index contributed by atoms with van der Waals surface area (Å²) in [5.41, 5.74) is 2.96. The quantitative estimate of drug-likeness (QED) is 0.545. The van der Waals surface area contributed by atoms with Crippen LogP contribution in [0.25, 0.3) is 0 Å². The van der Waals surface area contributed by atoms with Gasteiger partial charge in [-0.1, -0.05) is 43.6 Å². The molecule has 0 aliphatic heterocycles. The Labute approximate surface area is 77.4 Å². The number of hydrogen-bond donors (Lipinski definition) is 0. The van der Waals surface area contributed by atoms with Crippen LogP contribution < -0.4 is 0 Å². The zero-order chi connectivity index (χ0) is 9.56. The Hall–Kier alpha value is -0.520. The largest absolute Gasteiger partial charge is 0.0884 e. The van der Waals surface area contributed by atoms with Crippen molar-refractivity contribution in [3.63, 3.8) is 0 Å². The van der Waals surface area contributed by atoms with Crippen LogP contribution in [0, 0.1) is 5.92 Å². The van der Waals surface area contributed by atoms with E-state index in [2.05, 4.69) is 46.8 Å². The smallest absolute Gasteiger partial charge is 0.0114 e. The average molecular weight is 166 g/mol. The first-order valence-electron chi connectivity index (χ1n) is 4.89. The van der Waals surface area contributed by atoms with Crippen molar-refractivity contribution in [3.8, 4) is 0 Å². The Morgan fingerprint density at radius 3 is 2.25 bits per heavy atom. The fraction of sp³-hybridized carbons (Fsp3) is 0.667. The molecule has 0 rings (SSSR count). The van der Waals surface area contributed by atoms with E-state index in [9.17, 15) is 0 Å². The lowest BCUT2D eigenvalue weighted by molar-refractivity contribution is 0.690. The molecule has 0 aromatic heterocycles. The summed E-state index contributed by atoms with van der Waals surface area (Å²) >= 11 is 0. The highest BCUT2D eigenvalue weighted by Crippen LogP contribution is 2.13. The lowest BCUT2D eigenvalue weighted by atomic mass is 10.0. The number of hydrogen-bond acceptors (Lipinski definition) is 0. The molecular formula is C12H22. The van der Waals surface area contributed by atoms with Crippen molar-refractivity contribution >= 4 is 0 Å². The molecule has 0 fully saturated rings. The van der Waals surface area contributed by atoms with E-state index < -0.39 is 0 Å². The van der Waals surface area contributed by atoms with E-state index in [4.69, 9.17) is 0 Å². The SMILES string of the molecule is CC=C(C)CC(C)=CC(C)CC. The zero-order valence-corrected chi connectivity index (χ0v) is 9.15. The predicted octanol–water partition coefficient (Wildman–Crippen LogP) is 4.34. The Bertz CT molecular complexity index is 172. The molecule has 0 nitrogen and oxygen atoms in total.